The molecular formula is C6H5FN2O. The van der Waals surface area contributed by atoms with E-state index in [1.165, 1.54) is 6.07 Å². The average Bonchev–Trinajstić information content (AvgIpc) is 1.94. The zero-order chi connectivity index (χ0) is 7.56. The summed E-state index contributed by atoms with van der Waals surface area (Å²) in [6, 6.07) is 2.40. The van der Waals surface area contributed by atoms with Crippen LogP contribution in [0.4, 0.5) is 10.1 Å². The molecule has 0 aliphatic rings. The molecule has 0 fully saturated rings. The summed E-state index contributed by atoms with van der Waals surface area (Å²) in [5, 5.41) is 0. The lowest BCUT2D eigenvalue weighted by Gasteiger charge is -1.94. The van der Waals surface area contributed by atoms with Crippen LogP contribution in [0.15, 0.2) is 12.1 Å². The fourth-order valence-corrected chi connectivity index (χ4v) is 0.555. The van der Waals surface area contributed by atoms with Gasteiger partial charge in [-0.1, -0.05) is 0 Å². The molecule has 10 heavy (non-hydrogen) atoms. The van der Waals surface area contributed by atoms with Crippen molar-refractivity contribution in [2.45, 2.75) is 0 Å². The van der Waals surface area contributed by atoms with Gasteiger partial charge in [-0.2, -0.15) is 4.39 Å². The fraction of sp³-hybridized carbons (Fsp3) is 0. The summed E-state index contributed by atoms with van der Waals surface area (Å²) in [5.41, 5.74) is 5.38. The molecule has 0 radical (unpaired) electrons. The van der Waals surface area contributed by atoms with Crippen LogP contribution in [-0.4, -0.2) is 11.3 Å². The molecule has 2 N–H and O–H groups in total. The molecule has 0 saturated carbocycles. The summed E-state index contributed by atoms with van der Waals surface area (Å²) in [5.74, 6) is -0.698. The Hall–Kier alpha value is -1.45. The molecule has 1 heterocycles. The first-order chi connectivity index (χ1) is 4.74. The molecule has 0 aromatic carbocycles. The summed E-state index contributed by atoms with van der Waals surface area (Å²) in [7, 11) is 0. The van der Waals surface area contributed by atoms with Gasteiger partial charge in [-0.25, -0.2) is 4.98 Å². The first kappa shape index (κ1) is 6.67. The van der Waals surface area contributed by atoms with E-state index in [4.69, 9.17) is 5.73 Å². The van der Waals surface area contributed by atoms with E-state index in [1.807, 2.05) is 0 Å². The number of carbonyl (C=O) groups is 1. The van der Waals surface area contributed by atoms with Crippen molar-refractivity contribution in [3.8, 4) is 0 Å². The number of halogens is 1. The summed E-state index contributed by atoms with van der Waals surface area (Å²) in [4.78, 5) is 13.3. The van der Waals surface area contributed by atoms with Crippen LogP contribution < -0.4 is 5.73 Å². The van der Waals surface area contributed by atoms with Crippen molar-refractivity contribution in [1.29, 1.82) is 0 Å². The molecule has 52 valence electrons. The first-order valence-electron chi connectivity index (χ1n) is 2.61. The Morgan fingerprint density at radius 3 is 2.80 bits per heavy atom. The van der Waals surface area contributed by atoms with Crippen molar-refractivity contribution in [1.82, 2.24) is 4.98 Å². The summed E-state index contributed by atoms with van der Waals surface area (Å²) < 4.78 is 12.2. The number of aldehydes is 1. The van der Waals surface area contributed by atoms with Crippen LogP contribution in [-0.2, 0) is 0 Å². The van der Waals surface area contributed by atoms with Gasteiger partial charge in [-0.3, -0.25) is 4.79 Å². The van der Waals surface area contributed by atoms with Gasteiger partial charge in [0, 0.05) is 0 Å². The van der Waals surface area contributed by atoms with Gasteiger partial charge in [0.1, 0.15) is 5.69 Å². The summed E-state index contributed by atoms with van der Waals surface area (Å²) in [6.07, 6.45) is 0.415. The second-order valence-electron chi connectivity index (χ2n) is 1.73. The molecule has 0 saturated heterocycles. The summed E-state index contributed by atoms with van der Waals surface area (Å²) in [6.45, 7) is 0. The van der Waals surface area contributed by atoms with E-state index in [0.29, 0.717) is 6.29 Å². The van der Waals surface area contributed by atoms with Crippen molar-refractivity contribution in [2.75, 3.05) is 5.73 Å². The smallest absolute Gasteiger partial charge is 0.213 e. The van der Waals surface area contributed by atoms with Gasteiger partial charge in [0.05, 0.1) is 5.69 Å². The lowest BCUT2D eigenvalue weighted by atomic mass is 10.3. The fourth-order valence-electron chi connectivity index (χ4n) is 0.555. The molecule has 0 atom stereocenters. The van der Waals surface area contributed by atoms with E-state index in [9.17, 15) is 9.18 Å². The Kier molecular flexibility index (Phi) is 1.62. The van der Waals surface area contributed by atoms with Crippen LogP contribution in [0, 0.1) is 5.95 Å². The Morgan fingerprint density at radius 1 is 1.60 bits per heavy atom. The Balaban J connectivity index is 3.21. The van der Waals surface area contributed by atoms with E-state index in [2.05, 4.69) is 4.98 Å². The monoisotopic (exact) mass is 140 g/mol. The molecule has 1 rings (SSSR count). The van der Waals surface area contributed by atoms with E-state index in [1.54, 1.807) is 0 Å². The number of rotatable bonds is 1. The van der Waals surface area contributed by atoms with Gasteiger partial charge < -0.3 is 5.73 Å². The highest BCUT2D eigenvalue weighted by atomic mass is 19.1. The van der Waals surface area contributed by atoms with Gasteiger partial charge in [0.2, 0.25) is 5.95 Å². The summed E-state index contributed by atoms with van der Waals surface area (Å²) >= 11 is 0. The molecular weight excluding hydrogens is 135 g/mol. The normalized spacial score (nSPS) is 9.30. The SMILES string of the molecule is Nc1ccc(F)nc1C=O. The zero-order valence-electron chi connectivity index (χ0n) is 5.04. The van der Waals surface area contributed by atoms with Crippen LogP contribution in [0.3, 0.4) is 0 Å². The highest BCUT2D eigenvalue weighted by Crippen LogP contribution is 2.05. The molecule has 4 heteroatoms. The van der Waals surface area contributed by atoms with Crippen molar-refractivity contribution in [3.63, 3.8) is 0 Å². The molecule has 1 aromatic heterocycles. The number of nitrogens with zero attached hydrogens (tertiary/aromatic N) is 1. The van der Waals surface area contributed by atoms with Crippen LogP contribution in [0.5, 0.6) is 0 Å². The van der Waals surface area contributed by atoms with Gasteiger partial charge >= 0.3 is 0 Å². The topological polar surface area (TPSA) is 56.0 Å². The third kappa shape index (κ3) is 1.10. The maximum absolute atomic E-state index is 12.2. The Morgan fingerprint density at radius 2 is 2.30 bits per heavy atom. The molecule has 3 nitrogen and oxygen atoms in total. The van der Waals surface area contributed by atoms with E-state index < -0.39 is 5.95 Å². The van der Waals surface area contributed by atoms with E-state index in [-0.39, 0.29) is 11.4 Å². The molecule has 0 unspecified atom stereocenters. The molecule has 0 spiro atoms. The highest BCUT2D eigenvalue weighted by Gasteiger charge is 1.99. The first-order valence-corrected chi connectivity index (χ1v) is 2.61. The largest absolute Gasteiger partial charge is 0.397 e. The molecule has 1 aromatic rings. The maximum Gasteiger partial charge on any atom is 0.213 e. The number of hydrogen-bond acceptors (Lipinski definition) is 3. The number of carbonyl (C=O) groups excluding carboxylic acids is 1. The number of anilines is 1. The van der Waals surface area contributed by atoms with Crippen molar-refractivity contribution in [2.24, 2.45) is 0 Å². The minimum atomic E-state index is -0.698. The molecule has 0 aliphatic heterocycles. The van der Waals surface area contributed by atoms with E-state index >= 15 is 0 Å². The maximum atomic E-state index is 12.2. The predicted molar refractivity (Wildman–Crippen MR) is 34.0 cm³/mol. The number of nitrogens with two attached hydrogens (primary N) is 1. The number of nitrogen functional groups attached to an aromatic ring is 1. The quantitative estimate of drug-likeness (QED) is 0.459. The van der Waals surface area contributed by atoms with Gasteiger partial charge in [0.15, 0.2) is 6.29 Å². The van der Waals surface area contributed by atoms with Crippen LogP contribution in [0.2, 0.25) is 0 Å². The second kappa shape index (κ2) is 2.43. The standard InChI is InChI=1S/C6H5FN2O/c7-6-2-1-4(8)5(3-10)9-6/h1-3H,8H2. The molecule has 0 amide bonds. The third-order valence-electron chi connectivity index (χ3n) is 1.04. The number of pyridine rings is 1. The molecule has 0 bridgehead atoms. The zero-order valence-corrected chi connectivity index (χ0v) is 5.04. The Bertz CT molecular complexity index is 262. The number of aromatic nitrogens is 1. The molecule has 0 aliphatic carbocycles. The van der Waals surface area contributed by atoms with Crippen LogP contribution in [0.25, 0.3) is 0 Å². The van der Waals surface area contributed by atoms with E-state index in [0.717, 1.165) is 6.07 Å². The number of hydrogen-bond donors (Lipinski definition) is 1. The minimum Gasteiger partial charge on any atom is -0.397 e. The van der Waals surface area contributed by atoms with Crippen LogP contribution in [0.1, 0.15) is 10.5 Å². The van der Waals surface area contributed by atoms with Gasteiger partial charge in [0.25, 0.3) is 0 Å². The second-order valence-corrected chi connectivity index (χ2v) is 1.73. The minimum absolute atomic E-state index is 0.0556. The van der Waals surface area contributed by atoms with Crippen LogP contribution >= 0.6 is 0 Å². The Labute approximate surface area is 56.7 Å². The van der Waals surface area contributed by atoms with Gasteiger partial charge in [-0.15, -0.1) is 0 Å². The third-order valence-corrected chi connectivity index (χ3v) is 1.04. The lowest BCUT2D eigenvalue weighted by Crippen LogP contribution is -1.97. The van der Waals surface area contributed by atoms with Crippen molar-refractivity contribution in [3.05, 3.63) is 23.8 Å². The van der Waals surface area contributed by atoms with Gasteiger partial charge in [-0.05, 0) is 12.1 Å². The lowest BCUT2D eigenvalue weighted by molar-refractivity contribution is 0.111. The predicted octanol–water partition coefficient (Wildman–Crippen LogP) is 0.615. The average molecular weight is 140 g/mol. The highest BCUT2D eigenvalue weighted by molar-refractivity contribution is 5.79. The van der Waals surface area contributed by atoms with Crippen molar-refractivity contribution >= 4 is 12.0 Å². The van der Waals surface area contributed by atoms with Crippen molar-refractivity contribution < 1.29 is 9.18 Å².